The number of hydrogen-bond acceptors (Lipinski definition) is 3. The Morgan fingerprint density at radius 3 is 2.86 bits per heavy atom. The first-order chi connectivity index (χ1) is 6.81. The first-order valence-electron chi connectivity index (χ1n) is 4.61. The molecule has 76 valence electrons. The van der Waals surface area contributed by atoms with Crippen LogP contribution in [-0.2, 0) is 0 Å². The van der Waals surface area contributed by atoms with Crippen molar-refractivity contribution in [2.75, 3.05) is 16.8 Å². The average molecular weight is 277 g/mol. The third kappa shape index (κ3) is 2.01. The smallest absolute Gasteiger partial charge is 0.225 e. The number of rotatable bonds is 2. The summed E-state index contributed by atoms with van der Waals surface area (Å²) in [6, 6.07) is 0.524. The lowest BCUT2D eigenvalue weighted by Crippen LogP contribution is -2.31. The minimum absolute atomic E-state index is 0.524. The van der Waals surface area contributed by atoms with E-state index in [-0.39, 0.29) is 0 Å². The minimum atomic E-state index is 0.524. The Bertz CT molecular complexity index is 303. The zero-order valence-corrected chi connectivity index (χ0v) is 10.00. The summed E-state index contributed by atoms with van der Waals surface area (Å²) in [5.74, 6) is 0.788. The van der Waals surface area contributed by atoms with Crippen LogP contribution in [0.4, 0.5) is 5.95 Å². The molecule has 5 heteroatoms. The van der Waals surface area contributed by atoms with Gasteiger partial charge in [-0.05, 0) is 12.8 Å². The zero-order valence-electron chi connectivity index (χ0n) is 7.66. The highest BCUT2D eigenvalue weighted by molar-refractivity contribution is 9.09. The van der Waals surface area contributed by atoms with E-state index in [2.05, 4.69) is 30.8 Å². The second-order valence-corrected chi connectivity index (χ2v) is 4.43. The lowest BCUT2D eigenvalue weighted by Gasteiger charge is -2.22. The van der Waals surface area contributed by atoms with Crippen molar-refractivity contribution in [1.82, 2.24) is 9.97 Å². The van der Waals surface area contributed by atoms with Gasteiger partial charge in [0.1, 0.15) is 0 Å². The van der Waals surface area contributed by atoms with Crippen molar-refractivity contribution in [3.05, 3.63) is 17.4 Å². The van der Waals surface area contributed by atoms with Crippen molar-refractivity contribution >= 4 is 33.5 Å². The van der Waals surface area contributed by atoms with Gasteiger partial charge >= 0.3 is 0 Å². The molecule has 0 N–H and O–H groups in total. The number of alkyl halides is 1. The van der Waals surface area contributed by atoms with Crippen molar-refractivity contribution in [2.45, 2.75) is 18.9 Å². The molecule has 0 aromatic carbocycles. The fourth-order valence-electron chi connectivity index (χ4n) is 1.71. The quantitative estimate of drug-likeness (QED) is 0.777. The predicted octanol–water partition coefficient (Wildman–Crippen LogP) is 2.49. The fourth-order valence-corrected chi connectivity index (χ4v) is 2.48. The van der Waals surface area contributed by atoms with Gasteiger partial charge in [0.25, 0.3) is 0 Å². The van der Waals surface area contributed by atoms with Gasteiger partial charge in [0.2, 0.25) is 5.95 Å². The molecule has 1 aliphatic rings. The van der Waals surface area contributed by atoms with Crippen LogP contribution in [0.5, 0.6) is 0 Å². The molecule has 0 aliphatic carbocycles. The standard InChI is InChI=1S/C9H11BrClN3/c10-4-8-2-1-3-14(8)9-12-5-7(11)6-13-9/h5-6,8H,1-4H2. The zero-order chi connectivity index (χ0) is 9.97. The maximum atomic E-state index is 5.74. The van der Waals surface area contributed by atoms with Crippen molar-refractivity contribution < 1.29 is 0 Å². The Balaban J connectivity index is 2.17. The molecule has 1 aromatic heterocycles. The summed E-state index contributed by atoms with van der Waals surface area (Å²) < 4.78 is 0. The molecule has 1 unspecified atom stereocenters. The van der Waals surface area contributed by atoms with E-state index in [1.165, 1.54) is 12.8 Å². The van der Waals surface area contributed by atoms with Crippen molar-refractivity contribution in [3.63, 3.8) is 0 Å². The maximum absolute atomic E-state index is 5.74. The highest BCUT2D eigenvalue weighted by atomic mass is 79.9. The van der Waals surface area contributed by atoms with E-state index in [4.69, 9.17) is 11.6 Å². The van der Waals surface area contributed by atoms with E-state index < -0.39 is 0 Å². The second kappa shape index (κ2) is 4.45. The third-order valence-electron chi connectivity index (χ3n) is 2.42. The number of aromatic nitrogens is 2. The van der Waals surface area contributed by atoms with E-state index in [0.717, 1.165) is 17.8 Å². The Morgan fingerprint density at radius 2 is 2.21 bits per heavy atom. The summed E-state index contributed by atoms with van der Waals surface area (Å²) in [5.41, 5.74) is 0. The molecule has 0 radical (unpaired) electrons. The number of hydrogen-bond donors (Lipinski definition) is 0. The van der Waals surface area contributed by atoms with Gasteiger partial charge in [0.15, 0.2) is 0 Å². The van der Waals surface area contributed by atoms with Crippen molar-refractivity contribution in [1.29, 1.82) is 0 Å². The molecule has 1 aliphatic heterocycles. The Labute approximate surface area is 96.6 Å². The van der Waals surface area contributed by atoms with E-state index in [0.29, 0.717) is 11.1 Å². The van der Waals surface area contributed by atoms with E-state index in [1.807, 2.05) is 0 Å². The van der Waals surface area contributed by atoms with Gasteiger partial charge in [0.05, 0.1) is 17.4 Å². The number of anilines is 1. The van der Waals surface area contributed by atoms with Crippen LogP contribution in [0.2, 0.25) is 5.02 Å². The molecule has 0 spiro atoms. The maximum Gasteiger partial charge on any atom is 0.225 e. The van der Waals surface area contributed by atoms with Gasteiger partial charge in [-0.1, -0.05) is 27.5 Å². The first kappa shape index (κ1) is 10.2. The molecule has 1 atom stereocenters. The van der Waals surface area contributed by atoms with Crippen LogP contribution in [0.15, 0.2) is 12.4 Å². The molecule has 0 bridgehead atoms. The van der Waals surface area contributed by atoms with Gasteiger partial charge in [-0.15, -0.1) is 0 Å². The van der Waals surface area contributed by atoms with Gasteiger partial charge in [-0.3, -0.25) is 0 Å². The highest BCUT2D eigenvalue weighted by Gasteiger charge is 2.25. The van der Waals surface area contributed by atoms with Crippen molar-refractivity contribution in [3.8, 4) is 0 Å². The molecule has 1 fully saturated rings. The lowest BCUT2D eigenvalue weighted by atomic mass is 10.2. The monoisotopic (exact) mass is 275 g/mol. The van der Waals surface area contributed by atoms with Gasteiger partial charge < -0.3 is 4.90 Å². The molecule has 2 heterocycles. The predicted molar refractivity (Wildman–Crippen MR) is 61.2 cm³/mol. The molecular formula is C9H11BrClN3. The van der Waals surface area contributed by atoms with Crippen LogP contribution >= 0.6 is 27.5 Å². The molecule has 2 rings (SSSR count). The van der Waals surface area contributed by atoms with Gasteiger partial charge in [0, 0.05) is 17.9 Å². The first-order valence-corrected chi connectivity index (χ1v) is 6.11. The summed E-state index contributed by atoms with van der Waals surface area (Å²) >= 11 is 9.24. The molecule has 0 saturated carbocycles. The average Bonchev–Trinajstić information content (AvgIpc) is 2.67. The largest absolute Gasteiger partial charge is 0.337 e. The molecule has 0 amide bonds. The number of halogens is 2. The van der Waals surface area contributed by atoms with Crippen LogP contribution in [-0.4, -0.2) is 27.9 Å². The Hall–Kier alpha value is -0.350. The van der Waals surface area contributed by atoms with Crippen LogP contribution < -0.4 is 4.90 Å². The van der Waals surface area contributed by atoms with Crippen LogP contribution in [0.3, 0.4) is 0 Å². The van der Waals surface area contributed by atoms with Gasteiger partial charge in [-0.2, -0.15) is 0 Å². The molecular weight excluding hydrogens is 265 g/mol. The summed E-state index contributed by atoms with van der Waals surface area (Å²) in [6.45, 7) is 1.04. The number of nitrogens with zero attached hydrogens (tertiary/aromatic N) is 3. The van der Waals surface area contributed by atoms with E-state index in [1.54, 1.807) is 12.4 Å². The SMILES string of the molecule is Clc1cnc(N2CCCC2CBr)nc1. The topological polar surface area (TPSA) is 29.0 Å². The molecule has 3 nitrogen and oxygen atoms in total. The molecule has 1 saturated heterocycles. The minimum Gasteiger partial charge on any atom is -0.337 e. The fraction of sp³-hybridized carbons (Fsp3) is 0.556. The summed E-state index contributed by atoms with van der Waals surface area (Å²) in [6.07, 6.45) is 5.71. The molecule has 1 aromatic rings. The van der Waals surface area contributed by atoms with Crippen LogP contribution in [0.25, 0.3) is 0 Å². The highest BCUT2D eigenvalue weighted by Crippen LogP contribution is 2.23. The summed E-state index contributed by atoms with van der Waals surface area (Å²) in [4.78, 5) is 10.7. The normalized spacial score (nSPS) is 21.6. The lowest BCUT2D eigenvalue weighted by molar-refractivity contribution is 0.730. The summed E-state index contributed by atoms with van der Waals surface area (Å²) in [7, 11) is 0. The van der Waals surface area contributed by atoms with E-state index in [9.17, 15) is 0 Å². The Morgan fingerprint density at radius 1 is 1.50 bits per heavy atom. The van der Waals surface area contributed by atoms with Crippen LogP contribution in [0.1, 0.15) is 12.8 Å². The van der Waals surface area contributed by atoms with E-state index >= 15 is 0 Å². The third-order valence-corrected chi connectivity index (χ3v) is 3.36. The van der Waals surface area contributed by atoms with Gasteiger partial charge in [-0.25, -0.2) is 9.97 Å². The molecule has 14 heavy (non-hydrogen) atoms. The second-order valence-electron chi connectivity index (χ2n) is 3.35. The summed E-state index contributed by atoms with van der Waals surface area (Å²) in [5, 5.41) is 1.56. The Kier molecular flexibility index (Phi) is 3.23. The van der Waals surface area contributed by atoms with Crippen LogP contribution in [0, 0.1) is 0 Å². The van der Waals surface area contributed by atoms with Crippen molar-refractivity contribution in [2.24, 2.45) is 0 Å².